The van der Waals surface area contributed by atoms with Gasteiger partial charge in [-0.2, -0.15) is 4.72 Å². The van der Waals surface area contributed by atoms with Crippen molar-refractivity contribution in [3.63, 3.8) is 0 Å². The Hall–Kier alpha value is -1.49. The first kappa shape index (κ1) is 17.9. The summed E-state index contributed by atoms with van der Waals surface area (Å²) in [5.41, 5.74) is 4.59. The molecule has 1 amide bonds. The number of carbonyl (C=O) groups is 2. The van der Waals surface area contributed by atoms with Crippen LogP contribution in [-0.2, 0) is 31.8 Å². The standard InChI is InChI=1S/C18H25NO3S/c1-12-9-13(2)15(14(3)10-12)11-17(20)19-23-8-6-5-7-16(23)18(21)22-4/h9-10,16H,5-8,11H2,1-4H3/p+1. The zero-order chi connectivity index (χ0) is 17.0. The monoisotopic (exact) mass is 336 g/mol. The number of aryl methyl sites for hydroxylation is 3. The SMILES string of the molecule is COC(=O)C1CCCC[S+]1NC(=O)Cc1c(C)cc(C)cc1C. The predicted molar refractivity (Wildman–Crippen MR) is 94.4 cm³/mol. The Bertz CT molecular complexity index is 577. The molecular weight excluding hydrogens is 310 g/mol. The Kier molecular flexibility index (Phi) is 6.10. The van der Waals surface area contributed by atoms with Gasteiger partial charge in [0.2, 0.25) is 5.25 Å². The number of hydrogen-bond donors (Lipinski definition) is 1. The summed E-state index contributed by atoms with van der Waals surface area (Å²) in [4.78, 5) is 24.4. The van der Waals surface area contributed by atoms with Crippen molar-refractivity contribution in [2.75, 3.05) is 12.9 Å². The fraction of sp³-hybridized carbons (Fsp3) is 0.556. The van der Waals surface area contributed by atoms with Crippen molar-refractivity contribution < 1.29 is 14.3 Å². The second kappa shape index (κ2) is 7.86. The van der Waals surface area contributed by atoms with Crippen molar-refractivity contribution in [1.82, 2.24) is 4.72 Å². The van der Waals surface area contributed by atoms with E-state index < -0.39 is 11.1 Å². The lowest BCUT2D eigenvalue weighted by molar-refractivity contribution is -0.140. The molecule has 1 aromatic carbocycles. The summed E-state index contributed by atoms with van der Waals surface area (Å²) in [5, 5.41) is -0.182. The van der Waals surface area contributed by atoms with Crippen molar-refractivity contribution >= 4 is 23.0 Å². The molecule has 1 aliphatic rings. The van der Waals surface area contributed by atoms with E-state index in [2.05, 4.69) is 23.8 Å². The Morgan fingerprint density at radius 3 is 2.48 bits per heavy atom. The van der Waals surface area contributed by atoms with Crippen LogP contribution in [0, 0.1) is 20.8 Å². The number of esters is 1. The summed E-state index contributed by atoms with van der Waals surface area (Å²) in [7, 11) is 1.42. The number of nitrogens with one attached hydrogen (secondary N) is 1. The minimum absolute atomic E-state index is 0.000751. The molecule has 2 rings (SSSR count). The fourth-order valence-electron chi connectivity index (χ4n) is 3.19. The van der Waals surface area contributed by atoms with Crippen LogP contribution in [0.15, 0.2) is 12.1 Å². The largest absolute Gasteiger partial charge is 0.465 e. The molecule has 1 saturated heterocycles. The molecule has 126 valence electrons. The highest BCUT2D eigenvalue weighted by Crippen LogP contribution is 2.22. The smallest absolute Gasteiger partial charge is 0.361 e. The average molecular weight is 336 g/mol. The van der Waals surface area contributed by atoms with Crippen LogP contribution in [0.3, 0.4) is 0 Å². The Balaban J connectivity index is 2.05. The van der Waals surface area contributed by atoms with E-state index in [4.69, 9.17) is 4.74 Å². The summed E-state index contributed by atoms with van der Waals surface area (Å²) in [5.74, 6) is 0.674. The van der Waals surface area contributed by atoms with Crippen LogP contribution >= 0.6 is 0 Å². The van der Waals surface area contributed by atoms with Crippen molar-refractivity contribution in [2.45, 2.75) is 51.7 Å². The molecule has 0 aromatic heterocycles. The van der Waals surface area contributed by atoms with E-state index in [1.165, 1.54) is 12.7 Å². The van der Waals surface area contributed by atoms with E-state index in [1.54, 1.807) is 0 Å². The lowest BCUT2D eigenvalue weighted by atomic mass is 9.97. The second-order valence-corrected chi connectivity index (χ2v) is 8.26. The first-order valence-electron chi connectivity index (χ1n) is 8.06. The summed E-state index contributed by atoms with van der Waals surface area (Å²) >= 11 is -0.408. The zero-order valence-corrected chi connectivity index (χ0v) is 15.2. The van der Waals surface area contributed by atoms with Crippen LogP contribution in [0.5, 0.6) is 0 Å². The fourth-order valence-corrected chi connectivity index (χ4v) is 5.38. The Morgan fingerprint density at radius 1 is 1.22 bits per heavy atom. The van der Waals surface area contributed by atoms with Gasteiger partial charge in [0, 0.05) is 6.42 Å². The molecule has 1 N–H and O–H groups in total. The maximum Gasteiger partial charge on any atom is 0.361 e. The molecule has 1 fully saturated rings. The molecule has 23 heavy (non-hydrogen) atoms. The van der Waals surface area contributed by atoms with E-state index in [0.29, 0.717) is 6.42 Å². The van der Waals surface area contributed by atoms with Gasteiger partial charge < -0.3 is 4.74 Å². The Labute approximate surface area is 141 Å². The normalized spacial score (nSPS) is 20.9. The second-order valence-electron chi connectivity index (χ2n) is 6.22. The van der Waals surface area contributed by atoms with Gasteiger partial charge in [-0.05, 0) is 50.3 Å². The third kappa shape index (κ3) is 4.50. The highest BCUT2D eigenvalue weighted by Gasteiger charge is 2.42. The predicted octanol–water partition coefficient (Wildman–Crippen LogP) is 2.53. The van der Waals surface area contributed by atoms with E-state index in [-0.39, 0.29) is 17.1 Å². The minimum atomic E-state index is -0.408. The van der Waals surface area contributed by atoms with Crippen LogP contribution in [0.25, 0.3) is 0 Å². The van der Waals surface area contributed by atoms with Gasteiger partial charge in [0.05, 0.1) is 13.5 Å². The number of benzene rings is 1. The number of amides is 1. The molecule has 0 aliphatic carbocycles. The van der Waals surface area contributed by atoms with Crippen LogP contribution < -0.4 is 4.72 Å². The van der Waals surface area contributed by atoms with E-state index in [0.717, 1.165) is 41.7 Å². The van der Waals surface area contributed by atoms with E-state index in [1.807, 2.05) is 13.8 Å². The summed E-state index contributed by atoms with van der Waals surface area (Å²) < 4.78 is 7.98. The molecule has 2 atom stereocenters. The van der Waals surface area contributed by atoms with Gasteiger partial charge in [-0.25, -0.2) is 4.79 Å². The van der Waals surface area contributed by atoms with Gasteiger partial charge in [-0.1, -0.05) is 17.7 Å². The molecule has 1 aromatic rings. The van der Waals surface area contributed by atoms with Crippen molar-refractivity contribution in [2.24, 2.45) is 0 Å². The molecule has 0 bridgehead atoms. The number of methoxy groups -OCH3 is 1. The molecule has 4 nitrogen and oxygen atoms in total. The van der Waals surface area contributed by atoms with Crippen LogP contribution in [0.2, 0.25) is 0 Å². The summed E-state index contributed by atoms with van der Waals surface area (Å²) in [6.45, 7) is 6.15. The third-order valence-corrected chi connectivity index (χ3v) is 6.64. The molecule has 2 unspecified atom stereocenters. The number of hydrogen-bond acceptors (Lipinski definition) is 3. The van der Waals surface area contributed by atoms with Gasteiger partial charge >= 0.3 is 5.97 Å². The van der Waals surface area contributed by atoms with Gasteiger partial charge in [-0.15, -0.1) is 0 Å². The first-order chi connectivity index (χ1) is 10.9. The van der Waals surface area contributed by atoms with Crippen molar-refractivity contribution in [1.29, 1.82) is 0 Å². The maximum absolute atomic E-state index is 12.5. The molecule has 5 heteroatoms. The lowest BCUT2D eigenvalue weighted by Crippen LogP contribution is -2.47. The van der Waals surface area contributed by atoms with Crippen LogP contribution in [-0.4, -0.2) is 30.0 Å². The zero-order valence-electron chi connectivity index (χ0n) is 14.4. The highest BCUT2D eigenvalue weighted by molar-refractivity contribution is 7.96. The molecule has 0 radical (unpaired) electrons. The van der Waals surface area contributed by atoms with Gasteiger partial charge in [0.15, 0.2) is 0 Å². The van der Waals surface area contributed by atoms with Crippen LogP contribution in [0.1, 0.15) is 41.5 Å². The number of rotatable bonds is 4. The minimum Gasteiger partial charge on any atom is -0.465 e. The average Bonchev–Trinajstić information content (AvgIpc) is 2.50. The molecule has 1 aliphatic heterocycles. The quantitative estimate of drug-likeness (QED) is 0.679. The van der Waals surface area contributed by atoms with E-state index >= 15 is 0 Å². The molecule has 0 saturated carbocycles. The first-order valence-corrected chi connectivity index (χ1v) is 9.51. The van der Waals surface area contributed by atoms with Gasteiger partial charge in [-0.3, -0.25) is 4.79 Å². The van der Waals surface area contributed by atoms with Gasteiger partial charge in [0.25, 0.3) is 5.91 Å². The third-order valence-electron chi connectivity index (χ3n) is 4.31. The summed E-state index contributed by atoms with van der Waals surface area (Å²) in [6, 6.07) is 4.21. The molecule has 0 spiro atoms. The van der Waals surface area contributed by atoms with E-state index in [9.17, 15) is 9.59 Å². The lowest BCUT2D eigenvalue weighted by Gasteiger charge is -2.21. The van der Waals surface area contributed by atoms with Gasteiger partial charge in [0.1, 0.15) is 16.8 Å². The van der Waals surface area contributed by atoms with Crippen molar-refractivity contribution in [3.8, 4) is 0 Å². The van der Waals surface area contributed by atoms with Crippen LogP contribution in [0.4, 0.5) is 0 Å². The number of carbonyl (C=O) groups excluding carboxylic acids is 2. The molecule has 1 heterocycles. The topological polar surface area (TPSA) is 55.4 Å². The number of ether oxygens (including phenoxy) is 1. The summed E-state index contributed by atoms with van der Waals surface area (Å²) in [6.07, 6.45) is 3.25. The maximum atomic E-state index is 12.5. The highest BCUT2D eigenvalue weighted by atomic mass is 32.2. The molecular formula is C18H26NO3S+. The van der Waals surface area contributed by atoms with Crippen molar-refractivity contribution in [3.05, 3.63) is 34.4 Å². The Morgan fingerprint density at radius 2 is 1.87 bits per heavy atom.